The van der Waals surface area contributed by atoms with E-state index in [1.807, 2.05) is 4.90 Å². The van der Waals surface area contributed by atoms with Gasteiger partial charge in [0.15, 0.2) is 0 Å². The highest BCUT2D eigenvalue weighted by molar-refractivity contribution is 5.68. The summed E-state index contributed by atoms with van der Waals surface area (Å²) in [4.78, 5) is 25.5. The number of hydrogen-bond donors (Lipinski definition) is 0. The van der Waals surface area contributed by atoms with E-state index in [0.29, 0.717) is 25.2 Å². The van der Waals surface area contributed by atoms with Gasteiger partial charge in [-0.1, -0.05) is 0 Å². The van der Waals surface area contributed by atoms with E-state index < -0.39 is 28.1 Å². The second-order valence-electron chi connectivity index (χ2n) is 6.87. The maximum Gasteiger partial charge on any atom is 0.410 e. The number of nitro groups is 1. The topological polar surface area (TPSA) is 75.9 Å². The number of nitro benzene ring substituents is 1. The highest BCUT2D eigenvalue weighted by Crippen LogP contribution is 2.27. The first kappa shape index (κ1) is 18.0. The average molecular weight is 339 g/mol. The lowest BCUT2D eigenvalue weighted by Crippen LogP contribution is -2.42. The van der Waals surface area contributed by atoms with E-state index in [-0.39, 0.29) is 6.04 Å². The Labute approximate surface area is 140 Å². The van der Waals surface area contributed by atoms with Gasteiger partial charge in [0, 0.05) is 38.0 Å². The molecule has 1 aliphatic rings. The van der Waals surface area contributed by atoms with Crippen molar-refractivity contribution < 1.29 is 18.8 Å². The van der Waals surface area contributed by atoms with E-state index in [2.05, 4.69) is 0 Å². The Morgan fingerprint density at radius 3 is 2.67 bits per heavy atom. The monoisotopic (exact) mass is 339 g/mol. The van der Waals surface area contributed by atoms with E-state index >= 15 is 0 Å². The number of hydrogen-bond acceptors (Lipinski definition) is 5. The zero-order chi connectivity index (χ0) is 18.1. The van der Waals surface area contributed by atoms with Crippen molar-refractivity contribution in [2.45, 2.75) is 38.8 Å². The summed E-state index contributed by atoms with van der Waals surface area (Å²) in [6.07, 6.45) is 0.318. The molecule has 24 heavy (non-hydrogen) atoms. The van der Waals surface area contributed by atoms with Crippen molar-refractivity contribution in [2.75, 3.05) is 25.0 Å². The number of nitrogens with zero attached hydrogens (tertiary/aromatic N) is 3. The Morgan fingerprint density at radius 1 is 1.46 bits per heavy atom. The fourth-order valence-electron chi connectivity index (χ4n) is 2.62. The van der Waals surface area contributed by atoms with Crippen molar-refractivity contribution in [3.8, 4) is 0 Å². The molecule has 0 radical (unpaired) electrons. The molecule has 2 rings (SSSR count). The number of likely N-dealkylation sites (N-methyl/N-ethyl adjacent to an activating group) is 1. The first-order valence-corrected chi connectivity index (χ1v) is 7.73. The third-order valence-corrected chi connectivity index (χ3v) is 3.89. The van der Waals surface area contributed by atoms with Gasteiger partial charge in [-0.2, -0.15) is 4.39 Å². The molecule has 1 amide bonds. The van der Waals surface area contributed by atoms with Gasteiger partial charge in [0.05, 0.1) is 11.0 Å². The number of benzene rings is 1. The minimum atomic E-state index is -0.860. The molecule has 1 atom stereocenters. The minimum absolute atomic E-state index is 0.0573. The van der Waals surface area contributed by atoms with E-state index in [4.69, 9.17) is 4.74 Å². The Hall–Kier alpha value is -2.38. The van der Waals surface area contributed by atoms with Crippen LogP contribution < -0.4 is 4.90 Å². The third-order valence-electron chi connectivity index (χ3n) is 3.89. The lowest BCUT2D eigenvalue weighted by Gasteiger charge is -2.28. The second-order valence-corrected chi connectivity index (χ2v) is 6.87. The van der Waals surface area contributed by atoms with Crippen LogP contribution in [-0.2, 0) is 4.74 Å². The van der Waals surface area contributed by atoms with Crippen LogP contribution in [0.5, 0.6) is 0 Å². The van der Waals surface area contributed by atoms with Crippen LogP contribution >= 0.6 is 0 Å². The molecule has 0 unspecified atom stereocenters. The molecule has 0 aromatic heterocycles. The molecule has 1 aromatic carbocycles. The van der Waals surface area contributed by atoms with Gasteiger partial charge in [0.1, 0.15) is 5.60 Å². The summed E-state index contributed by atoms with van der Waals surface area (Å²) in [5, 5.41) is 10.7. The molecule has 0 N–H and O–H groups in total. The van der Waals surface area contributed by atoms with Crippen molar-refractivity contribution in [2.24, 2.45) is 0 Å². The van der Waals surface area contributed by atoms with Gasteiger partial charge in [-0.3, -0.25) is 10.1 Å². The second kappa shape index (κ2) is 6.62. The number of anilines is 1. The Morgan fingerprint density at radius 2 is 2.12 bits per heavy atom. The van der Waals surface area contributed by atoms with Gasteiger partial charge < -0.3 is 14.5 Å². The molecule has 7 nitrogen and oxygen atoms in total. The molecule has 1 fully saturated rings. The number of halogens is 1. The summed E-state index contributed by atoms with van der Waals surface area (Å²) in [6, 6.07) is 3.79. The lowest BCUT2D eigenvalue weighted by molar-refractivity contribution is -0.387. The molecule has 0 bridgehead atoms. The van der Waals surface area contributed by atoms with Gasteiger partial charge in [0.2, 0.25) is 5.82 Å². The number of carbonyl (C=O) groups excluding carboxylic acids is 1. The first-order chi connectivity index (χ1) is 11.1. The van der Waals surface area contributed by atoms with E-state index in [9.17, 15) is 19.3 Å². The van der Waals surface area contributed by atoms with Gasteiger partial charge in [0.25, 0.3) is 0 Å². The van der Waals surface area contributed by atoms with E-state index in [1.54, 1.807) is 32.7 Å². The van der Waals surface area contributed by atoms with Crippen LogP contribution in [0.3, 0.4) is 0 Å². The number of ether oxygens (including phenoxy) is 1. The summed E-state index contributed by atoms with van der Waals surface area (Å²) >= 11 is 0. The zero-order valence-corrected chi connectivity index (χ0v) is 14.3. The standard InChI is InChI=1S/C16H22FN3O4/c1-16(2,3)24-15(21)18(4)12-7-8-19(10-12)11-5-6-14(20(22)23)13(17)9-11/h5-6,9,12H,7-8,10H2,1-4H3/t12-/m1/s1. The van der Waals surface area contributed by atoms with Crippen LogP contribution in [-0.4, -0.2) is 47.7 Å². The van der Waals surface area contributed by atoms with Crippen molar-refractivity contribution in [1.29, 1.82) is 0 Å². The fourth-order valence-corrected chi connectivity index (χ4v) is 2.62. The number of amides is 1. The Kier molecular flexibility index (Phi) is 4.96. The predicted molar refractivity (Wildman–Crippen MR) is 87.7 cm³/mol. The van der Waals surface area contributed by atoms with Crippen LogP contribution in [0.25, 0.3) is 0 Å². The minimum Gasteiger partial charge on any atom is -0.444 e. The smallest absolute Gasteiger partial charge is 0.410 e. The molecule has 0 saturated carbocycles. The molecule has 1 saturated heterocycles. The SMILES string of the molecule is CN(C(=O)OC(C)(C)C)[C@@H]1CCN(c2ccc([N+](=O)[O-])c(F)c2)C1. The summed E-state index contributed by atoms with van der Waals surface area (Å²) in [5.41, 5.74) is -0.538. The largest absolute Gasteiger partial charge is 0.444 e. The molecule has 1 aromatic rings. The molecular weight excluding hydrogens is 317 g/mol. The lowest BCUT2D eigenvalue weighted by atomic mass is 10.2. The van der Waals surface area contributed by atoms with Crippen molar-refractivity contribution in [3.05, 3.63) is 34.1 Å². The zero-order valence-electron chi connectivity index (χ0n) is 14.3. The quantitative estimate of drug-likeness (QED) is 0.624. The normalized spacial score (nSPS) is 17.7. The van der Waals surface area contributed by atoms with Gasteiger partial charge >= 0.3 is 11.8 Å². The van der Waals surface area contributed by atoms with Crippen LogP contribution in [0.15, 0.2) is 18.2 Å². The van der Waals surface area contributed by atoms with Gasteiger partial charge in [-0.25, -0.2) is 4.79 Å². The molecule has 0 aliphatic carbocycles. The predicted octanol–water partition coefficient (Wildman–Crippen LogP) is 3.18. The van der Waals surface area contributed by atoms with Crippen molar-refractivity contribution >= 4 is 17.5 Å². The van der Waals surface area contributed by atoms with Crippen molar-refractivity contribution in [1.82, 2.24) is 4.90 Å². The summed E-state index contributed by atoms with van der Waals surface area (Å²) in [6.45, 7) is 6.57. The fraction of sp³-hybridized carbons (Fsp3) is 0.562. The highest BCUT2D eigenvalue weighted by Gasteiger charge is 2.31. The molecule has 1 aliphatic heterocycles. The molecule has 132 valence electrons. The molecular formula is C16H22FN3O4. The van der Waals surface area contributed by atoms with E-state index in [0.717, 1.165) is 12.1 Å². The first-order valence-electron chi connectivity index (χ1n) is 7.73. The van der Waals surface area contributed by atoms with E-state index in [1.165, 1.54) is 6.07 Å². The maximum absolute atomic E-state index is 13.8. The molecule has 1 heterocycles. The third kappa shape index (κ3) is 4.12. The van der Waals surface area contributed by atoms with Crippen LogP contribution in [0.1, 0.15) is 27.2 Å². The van der Waals surface area contributed by atoms with Crippen LogP contribution in [0, 0.1) is 15.9 Å². The summed E-state index contributed by atoms with van der Waals surface area (Å²) < 4.78 is 19.1. The van der Waals surface area contributed by atoms with Crippen LogP contribution in [0.2, 0.25) is 0 Å². The maximum atomic E-state index is 13.8. The van der Waals surface area contributed by atoms with Gasteiger partial charge in [-0.15, -0.1) is 0 Å². The summed E-state index contributed by atoms with van der Waals surface area (Å²) in [5.74, 6) is -0.860. The average Bonchev–Trinajstić information content (AvgIpc) is 2.93. The number of carbonyl (C=O) groups is 1. The molecule has 8 heteroatoms. The van der Waals surface area contributed by atoms with Crippen molar-refractivity contribution in [3.63, 3.8) is 0 Å². The Balaban J connectivity index is 2.04. The van der Waals surface area contributed by atoms with Gasteiger partial charge in [-0.05, 0) is 33.3 Å². The Bertz CT molecular complexity index is 645. The summed E-state index contributed by atoms with van der Waals surface area (Å²) in [7, 11) is 1.68. The molecule has 0 spiro atoms. The van der Waals surface area contributed by atoms with Crippen LogP contribution in [0.4, 0.5) is 20.6 Å². The number of rotatable bonds is 3. The highest BCUT2D eigenvalue weighted by atomic mass is 19.1.